The van der Waals surface area contributed by atoms with Crippen molar-refractivity contribution >= 4 is 41.6 Å². The summed E-state index contributed by atoms with van der Waals surface area (Å²) in [5, 5.41) is 12.4. The molecule has 0 saturated carbocycles. The number of nitrogens with one attached hydrogen (secondary N) is 1. The summed E-state index contributed by atoms with van der Waals surface area (Å²) >= 11 is 5.92. The normalized spacial score (nSPS) is 18.4. The van der Waals surface area contributed by atoms with E-state index >= 15 is 0 Å². The smallest absolute Gasteiger partial charge is 0.307 e. The lowest BCUT2D eigenvalue weighted by molar-refractivity contribution is -0.144. The van der Waals surface area contributed by atoms with Crippen LogP contribution in [0.1, 0.15) is 18.4 Å². The number of amides is 1. The van der Waals surface area contributed by atoms with E-state index in [0.29, 0.717) is 23.7 Å². The number of anilines is 1. The van der Waals surface area contributed by atoms with Crippen molar-refractivity contribution in [2.24, 2.45) is 5.92 Å². The second-order valence-corrected chi connectivity index (χ2v) is 5.86. The molecule has 22 heavy (non-hydrogen) atoms. The lowest BCUT2D eigenvalue weighted by Crippen LogP contribution is -2.42. The molecular weight excluding hydrogens is 327 g/mol. The van der Waals surface area contributed by atoms with Gasteiger partial charge in [-0.05, 0) is 44.0 Å². The molecule has 1 aromatic carbocycles. The van der Waals surface area contributed by atoms with Gasteiger partial charge in [-0.2, -0.15) is 0 Å². The lowest BCUT2D eigenvalue weighted by Gasteiger charge is -2.30. The highest BCUT2D eigenvalue weighted by Gasteiger charge is 2.26. The minimum absolute atomic E-state index is 0. The number of halogens is 2. The molecule has 0 aromatic heterocycles. The van der Waals surface area contributed by atoms with Gasteiger partial charge < -0.3 is 10.4 Å². The average Bonchev–Trinajstić information content (AvgIpc) is 2.43. The van der Waals surface area contributed by atoms with Crippen LogP contribution in [-0.2, 0) is 9.59 Å². The second kappa shape index (κ2) is 8.36. The molecule has 0 bridgehead atoms. The Morgan fingerprint density at radius 2 is 2.18 bits per heavy atom. The average molecular weight is 347 g/mol. The number of likely N-dealkylation sites (tertiary alicyclic amines) is 1. The van der Waals surface area contributed by atoms with Gasteiger partial charge in [0.1, 0.15) is 0 Å². The van der Waals surface area contributed by atoms with Crippen molar-refractivity contribution in [2.45, 2.75) is 19.8 Å². The van der Waals surface area contributed by atoms with Crippen LogP contribution in [0.5, 0.6) is 0 Å². The summed E-state index contributed by atoms with van der Waals surface area (Å²) in [5.41, 5.74) is 1.63. The first kappa shape index (κ1) is 18.7. The van der Waals surface area contributed by atoms with Crippen LogP contribution in [0.2, 0.25) is 5.02 Å². The molecule has 0 radical (unpaired) electrons. The first-order valence-corrected chi connectivity index (χ1v) is 7.34. The first-order chi connectivity index (χ1) is 9.95. The third kappa shape index (κ3) is 5.16. The molecule has 0 aliphatic carbocycles. The summed E-state index contributed by atoms with van der Waals surface area (Å²) in [5.74, 6) is -1.31. The number of aliphatic carboxylic acids is 1. The number of aryl methyl sites for hydroxylation is 1. The maximum Gasteiger partial charge on any atom is 0.307 e. The maximum atomic E-state index is 12.1. The van der Waals surface area contributed by atoms with E-state index in [1.165, 1.54) is 0 Å². The molecule has 0 spiro atoms. The van der Waals surface area contributed by atoms with E-state index in [1.54, 1.807) is 12.1 Å². The topological polar surface area (TPSA) is 69.6 Å². The molecule has 122 valence electrons. The fourth-order valence-electron chi connectivity index (χ4n) is 2.52. The first-order valence-electron chi connectivity index (χ1n) is 6.97. The van der Waals surface area contributed by atoms with Crippen LogP contribution >= 0.6 is 24.0 Å². The highest BCUT2D eigenvalue weighted by atomic mass is 35.5. The van der Waals surface area contributed by atoms with Crippen LogP contribution in [0, 0.1) is 12.8 Å². The molecule has 1 aromatic rings. The fraction of sp³-hybridized carbons (Fsp3) is 0.467. The van der Waals surface area contributed by atoms with E-state index in [2.05, 4.69) is 5.32 Å². The number of hydrogen-bond donors (Lipinski definition) is 2. The third-order valence-electron chi connectivity index (χ3n) is 3.70. The molecule has 1 aliphatic rings. The minimum Gasteiger partial charge on any atom is -0.481 e. The molecule has 2 rings (SSSR count). The van der Waals surface area contributed by atoms with Crippen molar-refractivity contribution in [2.75, 3.05) is 25.0 Å². The van der Waals surface area contributed by atoms with E-state index in [0.717, 1.165) is 18.5 Å². The van der Waals surface area contributed by atoms with Gasteiger partial charge in [-0.15, -0.1) is 12.4 Å². The number of hydrogen-bond acceptors (Lipinski definition) is 3. The Morgan fingerprint density at radius 3 is 2.86 bits per heavy atom. The Morgan fingerprint density at radius 1 is 1.45 bits per heavy atom. The minimum atomic E-state index is -0.786. The van der Waals surface area contributed by atoms with Gasteiger partial charge in [-0.3, -0.25) is 14.5 Å². The quantitative estimate of drug-likeness (QED) is 0.879. The zero-order chi connectivity index (χ0) is 15.4. The number of carboxylic acids is 1. The van der Waals surface area contributed by atoms with Gasteiger partial charge in [0.15, 0.2) is 0 Å². The van der Waals surface area contributed by atoms with Crippen molar-refractivity contribution in [3.8, 4) is 0 Å². The number of carbonyl (C=O) groups excluding carboxylic acids is 1. The Kier molecular flexibility index (Phi) is 7.13. The van der Waals surface area contributed by atoms with Crippen LogP contribution < -0.4 is 5.32 Å². The van der Waals surface area contributed by atoms with Gasteiger partial charge in [0, 0.05) is 17.3 Å². The van der Waals surface area contributed by atoms with Crippen molar-refractivity contribution < 1.29 is 14.7 Å². The van der Waals surface area contributed by atoms with Gasteiger partial charge in [0.05, 0.1) is 12.5 Å². The van der Waals surface area contributed by atoms with E-state index in [1.807, 2.05) is 17.9 Å². The number of nitrogens with zero attached hydrogens (tertiary/aromatic N) is 1. The number of rotatable bonds is 4. The molecule has 7 heteroatoms. The molecule has 1 atom stereocenters. The Balaban J connectivity index is 0.00000242. The lowest BCUT2D eigenvalue weighted by atomic mass is 9.98. The van der Waals surface area contributed by atoms with Crippen molar-refractivity contribution in [1.82, 2.24) is 4.90 Å². The summed E-state index contributed by atoms with van der Waals surface area (Å²) in [6.45, 7) is 3.28. The standard InChI is InChI=1S/C15H19ClN2O3.ClH/c1-10-4-5-12(16)7-13(10)17-14(19)9-18-6-2-3-11(8-18)15(20)21;/h4-5,7,11H,2-3,6,8-9H2,1H3,(H,17,19)(H,20,21);1H. The number of benzene rings is 1. The molecular formula is C15H20Cl2N2O3. The number of carbonyl (C=O) groups is 2. The van der Waals surface area contributed by atoms with Crippen molar-refractivity contribution in [1.29, 1.82) is 0 Å². The van der Waals surface area contributed by atoms with Crippen molar-refractivity contribution in [3.63, 3.8) is 0 Å². The predicted octanol–water partition coefficient (Wildman–Crippen LogP) is 2.81. The van der Waals surface area contributed by atoms with Gasteiger partial charge in [-0.25, -0.2) is 0 Å². The Hall–Kier alpha value is -1.30. The maximum absolute atomic E-state index is 12.1. The molecule has 1 amide bonds. The van der Waals surface area contributed by atoms with E-state index in [-0.39, 0.29) is 30.8 Å². The summed E-state index contributed by atoms with van der Waals surface area (Å²) < 4.78 is 0. The van der Waals surface area contributed by atoms with Gasteiger partial charge >= 0.3 is 5.97 Å². The van der Waals surface area contributed by atoms with E-state index in [9.17, 15) is 9.59 Å². The summed E-state index contributed by atoms with van der Waals surface area (Å²) in [7, 11) is 0. The third-order valence-corrected chi connectivity index (χ3v) is 3.93. The summed E-state index contributed by atoms with van der Waals surface area (Å²) in [4.78, 5) is 25.0. The second-order valence-electron chi connectivity index (χ2n) is 5.42. The highest BCUT2D eigenvalue weighted by Crippen LogP contribution is 2.21. The molecule has 1 unspecified atom stereocenters. The monoisotopic (exact) mass is 346 g/mol. The van der Waals surface area contributed by atoms with Crippen LogP contribution in [0.25, 0.3) is 0 Å². The molecule has 1 saturated heterocycles. The largest absolute Gasteiger partial charge is 0.481 e. The Bertz CT molecular complexity index is 552. The van der Waals surface area contributed by atoms with Gasteiger partial charge in [0.2, 0.25) is 5.91 Å². The van der Waals surface area contributed by atoms with Crippen LogP contribution in [-0.4, -0.2) is 41.5 Å². The molecule has 1 heterocycles. The summed E-state index contributed by atoms with van der Waals surface area (Å²) in [6, 6.07) is 5.33. The van der Waals surface area contributed by atoms with Gasteiger partial charge in [0.25, 0.3) is 0 Å². The molecule has 1 aliphatic heterocycles. The highest BCUT2D eigenvalue weighted by molar-refractivity contribution is 6.31. The van der Waals surface area contributed by atoms with Crippen molar-refractivity contribution in [3.05, 3.63) is 28.8 Å². The van der Waals surface area contributed by atoms with Crippen LogP contribution in [0.4, 0.5) is 5.69 Å². The number of piperidine rings is 1. The van der Waals surface area contributed by atoms with E-state index in [4.69, 9.17) is 16.7 Å². The predicted molar refractivity (Wildman–Crippen MR) is 88.9 cm³/mol. The van der Waals surface area contributed by atoms with Crippen LogP contribution in [0.3, 0.4) is 0 Å². The molecule has 5 nitrogen and oxygen atoms in total. The molecule has 2 N–H and O–H groups in total. The van der Waals surface area contributed by atoms with E-state index < -0.39 is 5.97 Å². The molecule has 1 fully saturated rings. The fourth-order valence-corrected chi connectivity index (χ4v) is 2.69. The SMILES string of the molecule is Cc1ccc(Cl)cc1NC(=O)CN1CCCC(C(=O)O)C1.Cl. The summed E-state index contributed by atoms with van der Waals surface area (Å²) in [6.07, 6.45) is 1.49. The number of carboxylic acid groups (broad SMARTS) is 1. The van der Waals surface area contributed by atoms with Crippen LogP contribution in [0.15, 0.2) is 18.2 Å². The van der Waals surface area contributed by atoms with Gasteiger partial charge in [-0.1, -0.05) is 17.7 Å². The Labute approximate surface area is 141 Å². The zero-order valence-electron chi connectivity index (χ0n) is 12.3. The zero-order valence-corrected chi connectivity index (χ0v) is 13.9.